The van der Waals surface area contributed by atoms with E-state index in [0.29, 0.717) is 11.3 Å². The van der Waals surface area contributed by atoms with E-state index in [-0.39, 0.29) is 12.0 Å². The molecular formula is C13H12N2O3. The van der Waals surface area contributed by atoms with E-state index in [1.807, 2.05) is 6.07 Å². The minimum absolute atomic E-state index is 0.0282. The highest BCUT2D eigenvalue weighted by Gasteiger charge is 2.05. The molecule has 0 unspecified atom stereocenters. The molecule has 0 amide bonds. The van der Waals surface area contributed by atoms with Crippen LogP contribution in [-0.2, 0) is 18.3 Å². The van der Waals surface area contributed by atoms with Crippen LogP contribution in [0.5, 0.6) is 0 Å². The number of benzene rings is 1. The molecule has 0 atom stereocenters. The molecule has 5 heteroatoms. The number of carboxylic acids is 1. The third-order valence-corrected chi connectivity index (χ3v) is 2.54. The smallest absolute Gasteiger partial charge is 0.307 e. The fraction of sp³-hybridized carbons (Fsp3) is 0.154. The third-order valence-electron chi connectivity index (χ3n) is 2.54. The molecule has 0 saturated carbocycles. The topological polar surface area (TPSA) is 72.2 Å². The maximum absolute atomic E-state index is 11.2. The summed E-state index contributed by atoms with van der Waals surface area (Å²) in [4.78, 5) is 21.9. The monoisotopic (exact) mass is 244 g/mol. The van der Waals surface area contributed by atoms with Crippen molar-refractivity contribution >= 4 is 5.97 Å². The molecule has 0 fully saturated rings. The summed E-state index contributed by atoms with van der Waals surface area (Å²) in [7, 11) is 1.58. The van der Waals surface area contributed by atoms with Gasteiger partial charge in [-0.1, -0.05) is 18.2 Å². The van der Waals surface area contributed by atoms with E-state index in [4.69, 9.17) is 5.11 Å². The number of aryl methyl sites for hydroxylation is 1. The number of hydrogen-bond donors (Lipinski definition) is 1. The number of aliphatic carboxylic acids is 1. The summed E-state index contributed by atoms with van der Waals surface area (Å²) in [6.07, 6.45) is -0.0282. The van der Waals surface area contributed by atoms with Crippen LogP contribution in [-0.4, -0.2) is 20.9 Å². The number of nitrogens with zero attached hydrogens (tertiary/aromatic N) is 2. The predicted octanol–water partition coefficient (Wildman–Crippen LogP) is 1.07. The van der Waals surface area contributed by atoms with Crippen LogP contribution in [0, 0.1) is 0 Å². The van der Waals surface area contributed by atoms with E-state index in [9.17, 15) is 9.59 Å². The molecule has 2 aromatic rings. The van der Waals surface area contributed by atoms with Crippen LogP contribution >= 0.6 is 0 Å². The highest BCUT2D eigenvalue weighted by atomic mass is 16.4. The molecule has 92 valence electrons. The van der Waals surface area contributed by atoms with E-state index in [1.54, 1.807) is 31.3 Å². The van der Waals surface area contributed by atoms with Crippen LogP contribution < -0.4 is 5.56 Å². The minimum Gasteiger partial charge on any atom is -0.481 e. The molecule has 0 bridgehead atoms. The van der Waals surface area contributed by atoms with Crippen LogP contribution in [0.2, 0.25) is 0 Å². The lowest BCUT2D eigenvalue weighted by molar-refractivity contribution is -0.136. The highest BCUT2D eigenvalue weighted by Crippen LogP contribution is 2.17. The standard InChI is InChI=1S/C13H12N2O3/c1-15-12(16)6-5-11(14-15)10-4-2-3-9(7-10)8-13(17)18/h2-7H,8H2,1H3,(H,17,18). The number of carbonyl (C=O) groups is 1. The fourth-order valence-corrected chi connectivity index (χ4v) is 1.67. The van der Waals surface area contributed by atoms with Gasteiger partial charge in [0.2, 0.25) is 0 Å². The molecular weight excluding hydrogens is 232 g/mol. The van der Waals surface area contributed by atoms with E-state index in [2.05, 4.69) is 5.10 Å². The minimum atomic E-state index is -0.874. The Hall–Kier alpha value is -2.43. The van der Waals surface area contributed by atoms with Crippen molar-refractivity contribution in [3.8, 4) is 11.3 Å². The number of rotatable bonds is 3. The van der Waals surface area contributed by atoms with Gasteiger partial charge in [0.15, 0.2) is 0 Å². The van der Waals surface area contributed by atoms with Crippen molar-refractivity contribution in [2.24, 2.45) is 7.05 Å². The molecule has 1 N–H and O–H groups in total. The van der Waals surface area contributed by atoms with Gasteiger partial charge >= 0.3 is 5.97 Å². The van der Waals surface area contributed by atoms with E-state index in [1.165, 1.54) is 10.7 Å². The zero-order valence-electron chi connectivity index (χ0n) is 9.83. The normalized spacial score (nSPS) is 10.3. The Bertz CT molecular complexity index is 647. The van der Waals surface area contributed by atoms with E-state index >= 15 is 0 Å². The maximum atomic E-state index is 11.2. The first-order valence-corrected chi connectivity index (χ1v) is 5.42. The van der Waals surface area contributed by atoms with Gasteiger partial charge in [-0.05, 0) is 17.7 Å². The molecule has 0 radical (unpaired) electrons. The first kappa shape index (κ1) is 12.0. The van der Waals surface area contributed by atoms with Crippen LogP contribution in [0.1, 0.15) is 5.56 Å². The molecule has 1 aromatic heterocycles. The van der Waals surface area contributed by atoms with E-state index < -0.39 is 5.97 Å². The van der Waals surface area contributed by atoms with E-state index in [0.717, 1.165) is 5.56 Å². The summed E-state index contributed by atoms with van der Waals surface area (Å²) in [6, 6.07) is 10.2. The molecule has 0 aliphatic carbocycles. The summed E-state index contributed by atoms with van der Waals surface area (Å²) < 4.78 is 1.25. The largest absolute Gasteiger partial charge is 0.481 e. The van der Waals surface area contributed by atoms with Crippen molar-refractivity contribution in [2.45, 2.75) is 6.42 Å². The van der Waals surface area contributed by atoms with Gasteiger partial charge in [0.1, 0.15) is 0 Å². The molecule has 1 heterocycles. The zero-order chi connectivity index (χ0) is 13.1. The molecule has 0 aliphatic rings. The quantitative estimate of drug-likeness (QED) is 0.876. The predicted molar refractivity (Wildman–Crippen MR) is 66.3 cm³/mol. The zero-order valence-corrected chi connectivity index (χ0v) is 9.83. The Kier molecular flexibility index (Phi) is 3.23. The van der Waals surface area contributed by atoms with Gasteiger partial charge in [-0.2, -0.15) is 5.10 Å². The van der Waals surface area contributed by atoms with Crippen LogP contribution in [0.3, 0.4) is 0 Å². The third kappa shape index (κ3) is 2.63. The van der Waals surface area contributed by atoms with Crippen LogP contribution in [0.25, 0.3) is 11.3 Å². The van der Waals surface area contributed by atoms with Gasteiger partial charge < -0.3 is 5.11 Å². The first-order chi connectivity index (χ1) is 8.56. The lowest BCUT2D eigenvalue weighted by Gasteiger charge is -2.04. The molecule has 0 spiro atoms. The van der Waals surface area contributed by atoms with Crippen molar-refractivity contribution in [1.29, 1.82) is 0 Å². The van der Waals surface area contributed by atoms with Gasteiger partial charge in [-0.3, -0.25) is 9.59 Å². The molecule has 0 aliphatic heterocycles. The fourth-order valence-electron chi connectivity index (χ4n) is 1.67. The lowest BCUT2D eigenvalue weighted by atomic mass is 10.1. The second-order valence-corrected chi connectivity index (χ2v) is 3.95. The van der Waals surface area contributed by atoms with Crippen molar-refractivity contribution in [3.05, 3.63) is 52.3 Å². The number of hydrogen-bond acceptors (Lipinski definition) is 3. The second-order valence-electron chi connectivity index (χ2n) is 3.95. The first-order valence-electron chi connectivity index (χ1n) is 5.42. The van der Waals surface area contributed by atoms with Gasteiger partial charge in [-0.25, -0.2) is 4.68 Å². The Morgan fingerprint density at radius 1 is 1.33 bits per heavy atom. The average molecular weight is 244 g/mol. The van der Waals surface area contributed by atoms with Crippen LogP contribution in [0.15, 0.2) is 41.2 Å². The molecule has 0 saturated heterocycles. The SMILES string of the molecule is Cn1nc(-c2cccc(CC(=O)O)c2)ccc1=O. The molecule has 18 heavy (non-hydrogen) atoms. The van der Waals surface area contributed by atoms with Gasteiger partial charge in [0, 0.05) is 18.7 Å². The van der Waals surface area contributed by atoms with Crippen LogP contribution in [0.4, 0.5) is 0 Å². The summed E-state index contributed by atoms with van der Waals surface area (Å²) in [5.74, 6) is -0.874. The Balaban J connectivity index is 2.41. The summed E-state index contributed by atoms with van der Waals surface area (Å²) in [5, 5.41) is 12.9. The number of carboxylic acid groups (broad SMARTS) is 1. The van der Waals surface area contributed by atoms with Crippen molar-refractivity contribution in [2.75, 3.05) is 0 Å². The molecule has 2 rings (SSSR count). The second kappa shape index (κ2) is 4.83. The molecule has 1 aromatic carbocycles. The molecule has 5 nitrogen and oxygen atoms in total. The highest BCUT2D eigenvalue weighted by molar-refractivity contribution is 5.71. The van der Waals surface area contributed by atoms with Gasteiger partial charge in [-0.15, -0.1) is 0 Å². The van der Waals surface area contributed by atoms with Gasteiger partial charge in [0.05, 0.1) is 12.1 Å². The Morgan fingerprint density at radius 3 is 2.78 bits per heavy atom. The van der Waals surface area contributed by atoms with Crippen molar-refractivity contribution in [3.63, 3.8) is 0 Å². The van der Waals surface area contributed by atoms with Crippen molar-refractivity contribution < 1.29 is 9.90 Å². The van der Waals surface area contributed by atoms with Crippen molar-refractivity contribution in [1.82, 2.24) is 9.78 Å². The number of aromatic nitrogens is 2. The van der Waals surface area contributed by atoms with Gasteiger partial charge in [0.25, 0.3) is 5.56 Å². The summed E-state index contributed by atoms with van der Waals surface area (Å²) in [6.45, 7) is 0. The Labute approximate surface area is 103 Å². The Morgan fingerprint density at radius 2 is 2.11 bits per heavy atom. The average Bonchev–Trinajstić information content (AvgIpc) is 2.32. The maximum Gasteiger partial charge on any atom is 0.307 e. The summed E-state index contributed by atoms with van der Waals surface area (Å²) in [5.41, 5.74) is 1.96. The lowest BCUT2D eigenvalue weighted by Crippen LogP contribution is -2.18. The summed E-state index contributed by atoms with van der Waals surface area (Å²) >= 11 is 0.